The molecular formula is C36H31F2N7O4S. The molecule has 1 atom stereocenters. The van der Waals surface area contributed by atoms with Gasteiger partial charge in [-0.15, -0.1) is 0 Å². The maximum atomic E-state index is 15.5. The average molecular weight is 696 g/mol. The molecule has 0 bridgehead atoms. The Labute approximate surface area is 287 Å². The summed E-state index contributed by atoms with van der Waals surface area (Å²) in [6.45, 7) is 1.75. The summed E-state index contributed by atoms with van der Waals surface area (Å²) in [7, 11) is -3.71. The average Bonchev–Trinajstić information content (AvgIpc) is 3.08. The van der Waals surface area contributed by atoms with E-state index in [1.165, 1.54) is 30.7 Å². The van der Waals surface area contributed by atoms with Crippen molar-refractivity contribution >= 4 is 27.5 Å². The van der Waals surface area contributed by atoms with Crippen molar-refractivity contribution in [2.45, 2.75) is 13.0 Å². The Kier molecular flexibility index (Phi) is 9.54. The van der Waals surface area contributed by atoms with Crippen LogP contribution >= 0.6 is 0 Å². The number of nitrogen functional groups attached to an aromatic ring is 2. The highest BCUT2D eigenvalue weighted by molar-refractivity contribution is 7.92. The van der Waals surface area contributed by atoms with E-state index in [1.54, 1.807) is 79.9 Å². The molecule has 14 heteroatoms. The van der Waals surface area contributed by atoms with Crippen LogP contribution in [0.2, 0.25) is 0 Å². The predicted molar refractivity (Wildman–Crippen MR) is 189 cm³/mol. The van der Waals surface area contributed by atoms with E-state index in [9.17, 15) is 8.42 Å². The number of sulfonamides is 1. The Bertz CT molecular complexity index is 2270. The molecule has 3 aromatic heterocycles. The SMILES string of the molecule is C[C@H](COc1cccc(NS(C)(=O)=O)c1-c1ccc(-c2ccc(N)nc2)c(F)c1)Oc1ncccc1-c1ccc(-c2cnc(N)nc2)c(F)c1. The first-order valence-corrected chi connectivity index (χ1v) is 17.1. The van der Waals surface area contributed by atoms with E-state index in [2.05, 4.69) is 24.7 Å². The van der Waals surface area contributed by atoms with Crippen molar-refractivity contribution < 1.29 is 26.7 Å². The summed E-state index contributed by atoms with van der Waals surface area (Å²) in [5.74, 6) is -0.132. The normalized spacial score (nSPS) is 11.9. The van der Waals surface area contributed by atoms with Crippen molar-refractivity contribution in [2.75, 3.05) is 29.1 Å². The zero-order chi connectivity index (χ0) is 35.4. The van der Waals surface area contributed by atoms with Crippen molar-refractivity contribution in [3.05, 3.63) is 115 Å². The minimum Gasteiger partial charge on any atom is -0.489 e. The molecule has 0 saturated carbocycles. The monoisotopic (exact) mass is 695 g/mol. The van der Waals surface area contributed by atoms with E-state index in [0.717, 1.165) is 6.26 Å². The van der Waals surface area contributed by atoms with Crippen LogP contribution in [0.3, 0.4) is 0 Å². The number of hydrogen-bond acceptors (Lipinski definition) is 10. The number of halogens is 2. The summed E-state index contributed by atoms with van der Waals surface area (Å²) in [6.07, 6.45) is 6.36. The minimum atomic E-state index is -3.71. The minimum absolute atomic E-state index is 0.00650. The van der Waals surface area contributed by atoms with Crippen molar-refractivity contribution in [3.63, 3.8) is 0 Å². The number of pyridine rings is 2. The molecule has 6 rings (SSSR count). The molecule has 0 fully saturated rings. The van der Waals surface area contributed by atoms with Gasteiger partial charge < -0.3 is 20.9 Å². The van der Waals surface area contributed by atoms with Crippen molar-refractivity contribution in [1.82, 2.24) is 19.9 Å². The fourth-order valence-corrected chi connectivity index (χ4v) is 5.80. The molecule has 5 N–H and O–H groups in total. The molecule has 3 heterocycles. The zero-order valence-corrected chi connectivity index (χ0v) is 27.7. The molecule has 6 aromatic rings. The lowest BCUT2D eigenvalue weighted by atomic mass is 9.98. The second kappa shape index (κ2) is 14.1. The van der Waals surface area contributed by atoms with Crippen molar-refractivity contribution in [1.29, 1.82) is 0 Å². The van der Waals surface area contributed by atoms with Gasteiger partial charge in [-0.1, -0.05) is 30.3 Å². The standard InChI is InChI=1S/C36H31F2N7O4S/c1-21(49-35-28(5-4-14-41-35)22-8-11-27(29(37)15-22)25-18-43-36(40)44-19-25)20-48-32-7-3-6-31(45-50(2,46)47)34(32)23-9-12-26(30(38)16-23)24-10-13-33(39)42-17-24/h3-19,21,45H,20H2,1-2H3,(H2,39,42)(H2,40,43,44)/t21-/m1/s1. The summed E-state index contributed by atoms with van der Waals surface area (Å²) in [4.78, 5) is 16.3. The number of nitrogens with one attached hydrogen (secondary N) is 1. The Morgan fingerprint density at radius 3 is 2.10 bits per heavy atom. The first kappa shape index (κ1) is 33.7. The molecule has 0 aliphatic carbocycles. The summed E-state index contributed by atoms with van der Waals surface area (Å²) in [5.41, 5.74) is 14.8. The molecule has 0 unspecified atom stereocenters. The number of aromatic nitrogens is 4. The van der Waals surface area contributed by atoms with E-state index in [4.69, 9.17) is 20.9 Å². The smallest absolute Gasteiger partial charge is 0.229 e. The first-order valence-electron chi connectivity index (χ1n) is 15.2. The topological polar surface area (TPSA) is 168 Å². The zero-order valence-electron chi connectivity index (χ0n) is 26.8. The fraction of sp³-hybridized carbons (Fsp3) is 0.111. The number of nitrogens with zero attached hydrogens (tertiary/aromatic N) is 4. The fourth-order valence-electron chi connectivity index (χ4n) is 5.23. The molecule has 0 radical (unpaired) electrons. The highest BCUT2D eigenvalue weighted by Gasteiger charge is 2.20. The van der Waals surface area contributed by atoms with Gasteiger partial charge in [-0.3, -0.25) is 4.72 Å². The van der Waals surface area contributed by atoms with Gasteiger partial charge in [0.05, 0.1) is 11.9 Å². The highest BCUT2D eigenvalue weighted by atomic mass is 32.2. The van der Waals surface area contributed by atoms with Gasteiger partial charge >= 0.3 is 0 Å². The van der Waals surface area contributed by atoms with Gasteiger partial charge in [0.1, 0.15) is 35.9 Å². The molecule has 0 aliphatic heterocycles. The lowest BCUT2D eigenvalue weighted by molar-refractivity contribution is 0.139. The molecular weight excluding hydrogens is 665 g/mol. The molecule has 0 spiro atoms. The largest absolute Gasteiger partial charge is 0.489 e. The van der Waals surface area contributed by atoms with Crippen LogP contribution < -0.4 is 25.7 Å². The van der Waals surface area contributed by atoms with E-state index < -0.39 is 27.8 Å². The Balaban J connectivity index is 1.25. The van der Waals surface area contributed by atoms with Gasteiger partial charge in [-0.2, -0.15) is 0 Å². The third-order valence-corrected chi connectivity index (χ3v) is 8.09. The molecule has 3 aromatic carbocycles. The van der Waals surface area contributed by atoms with Gasteiger partial charge in [0.2, 0.25) is 21.9 Å². The molecule has 254 valence electrons. The van der Waals surface area contributed by atoms with Crippen LogP contribution in [0.1, 0.15) is 6.92 Å². The predicted octanol–water partition coefficient (Wildman–Crippen LogP) is 6.60. The van der Waals surface area contributed by atoms with Crippen LogP contribution in [-0.2, 0) is 10.0 Å². The summed E-state index contributed by atoms with van der Waals surface area (Å²) in [6, 6.07) is 20.8. The van der Waals surface area contributed by atoms with Gasteiger partial charge in [0, 0.05) is 58.2 Å². The van der Waals surface area contributed by atoms with E-state index in [1.807, 2.05) is 0 Å². The number of ether oxygens (including phenoxy) is 2. The molecule has 0 amide bonds. The first-order chi connectivity index (χ1) is 23.9. The quantitative estimate of drug-likeness (QED) is 0.134. The molecule has 0 saturated heterocycles. The third kappa shape index (κ3) is 7.76. The lowest BCUT2D eigenvalue weighted by Crippen LogP contribution is -2.22. The van der Waals surface area contributed by atoms with Crippen molar-refractivity contribution in [3.8, 4) is 56.1 Å². The van der Waals surface area contributed by atoms with Gasteiger partial charge in [-0.25, -0.2) is 37.1 Å². The number of anilines is 3. The molecule has 11 nitrogen and oxygen atoms in total. The number of benzene rings is 3. The second-order valence-electron chi connectivity index (χ2n) is 11.3. The Morgan fingerprint density at radius 2 is 1.42 bits per heavy atom. The van der Waals surface area contributed by atoms with Gasteiger partial charge in [0.25, 0.3) is 0 Å². The summed E-state index contributed by atoms with van der Waals surface area (Å²) < 4.78 is 70.1. The number of rotatable bonds is 11. The van der Waals surface area contributed by atoms with E-state index >= 15 is 8.78 Å². The summed E-state index contributed by atoms with van der Waals surface area (Å²) in [5, 5.41) is 0. The maximum Gasteiger partial charge on any atom is 0.229 e. The van der Waals surface area contributed by atoms with Crippen LogP contribution in [-0.4, -0.2) is 47.3 Å². The Morgan fingerprint density at radius 1 is 0.760 bits per heavy atom. The molecule has 0 aliphatic rings. The van der Waals surface area contributed by atoms with Gasteiger partial charge in [-0.05, 0) is 66.6 Å². The van der Waals surface area contributed by atoms with Crippen LogP contribution in [0.4, 0.5) is 26.2 Å². The second-order valence-corrected chi connectivity index (χ2v) is 13.1. The lowest BCUT2D eigenvalue weighted by Gasteiger charge is -2.20. The van der Waals surface area contributed by atoms with Crippen LogP contribution in [0.25, 0.3) is 44.5 Å². The Hall–Kier alpha value is -6.15. The third-order valence-electron chi connectivity index (χ3n) is 7.50. The number of hydrogen-bond donors (Lipinski definition) is 3. The van der Waals surface area contributed by atoms with Crippen molar-refractivity contribution in [2.24, 2.45) is 0 Å². The highest BCUT2D eigenvalue weighted by Crippen LogP contribution is 2.39. The van der Waals surface area contributed by atoms with Crippen LogP contribution in [0.15, 0.2) is 104 Å². The summed E-state index contributed by atoms with van der Waals surface area (Å²) >= 11 is 0. The van der Waals surface area contributed by atoms with E-state index in [-0.39, 0.29) is 29.9 Å². The molecule has 50 heavy (non-hydrogen) atoms. The van der Waals surface area contributed by atoms with Gasteiger partial charge in [0.15, 0.2) is 0 Å². The van der Waals surface area contributed by atoms with E-state index in [0.29, 0.717) is 50.3 Å². The number of nitrogens with two attached hydrogens (primary N) is 2. The van der Waals surface area contributed by atoms with Crippen LogP contribution in [0.5, 0.6) is 11.6 Å². The maximum absolute atomic E-state index is 15.5. The van der Waals surface area contributed by atoms with Crippen LogP contribution in [0, 0.1) is 11.6 Å².